The number of piperidine rings is 1. The highest BCUT2D eigenvalue weighted by Crippen LogP contribution is 2.37. The lowest BCUT2D eigenvalue weighted by molar-refractivity contribution is -0.137. The monoisotopic (exact) mass is 423 g/mol. The fourth-order valence-electron chi connectivity index (χ4n) is 4.20. The van der Waals surface area contributed by atoms with Crippen LogP contribution in [0.15, 0.2) is 36.4 Å². The molecule has 0 saturated carbocycles. The maximum atomic E-state index is 12.8. The van der Waals surface area contributed by atoms with Crippen LogP contribution in [-0.4, -0.2) is 39.4 Å². The maximum Gasteiger partial charge on any atom is 0.416 e. The van der Waals surface area contributed by atoms with Crippen molar-refractivity contribution >= 4 is 0 Å². The number of aromatic hydroxyl groups is 1. The number of phenols is 1. The van der Waals surface area contributed by atoms with Gasteiger partial charge in [0.15, 0.2) is 0 Å². The van der Waals surface area contributed by atoms with E-state index in [0.717, 1.165) is 17.7 Å². The van der Waals surface area contributed by atoms with E-state index >= 15 is 0 Å². The van der Waals surface area contributed by atoms with Crippen LogP contribution in [0.25, 0.3) is 0 Å². The van der Waals surface area contributed by atoms with Crippen LogP contribution >= 0.6 is 0 Å². The third-order valence-corrected chi connectivity index (χ3v) is 6.26. The number of aliphatic hydroxyl groups is 2. The molecule has 2 aromatic carbocycles. The van der Waals surface area contributed by atoms with Crippen molar-refractivity contribution in [2.24, 2.45) is 0 Å². The molecule has 0 aliphatic carbocycles. The van der Waals surface area contributed by atoms with Crippen LogP contribution in [0.3, 0.4) is 0 Å². The number of hydrogen-bond donors (Lipinski definition) is 3. The Morgan fingerprint density at radius 2 is 1.50 bits per heavy atom. The molecular formula is C23H28F3NO3. The molecule has 2 atom stereocenters. The number of aryl methyl sites for hydroxylation is 2. The average molecular weight is 423 g/mol. The third kappa shape index (κ3) is 4.48. The Bertz CT molecular complexity index is 865. The maximum absolute atomic E-state index is 12.8. The Hall–Kier alpha value is -2.09. The molecule has 0 amide bonds. The lowest BCUT2D eigenvalue weighted by Gasteiger charge is -2.42. The van der Waals surface area contributed by atoms with Gasteiger partial charge in [0.1, 0.15) is 5.75 Å². The zero-order chi connectivity index (χ0) is 22.3. The summed E-state index contributed by atoms with van der Waals surface area (Å²) in [6.45, 7) is 6.49. The Balaban J connectivity index is 1.68. The Morgan fingerprint density at radius 1 is 1.00 bits per heavy atom. The summed E-state index contributed by atoms with van der Waals surface area (Å²) < 4.78 is 38.3. The van der Waals surface area contributed by atoms with Crippen LogP contribution in [0.1, 0.15) is 53.7 Å². The minimum atomic E-state index is -4.40. The number of likely N-dealkylation sites (tertiary alicyclic amines) is 1. The molecule has 7 heteroatoms. The fourth-order valence-corrected chi connectivity index (χ4v) is 4.20. The SMILES string of the molecule is Cc1cc(C(O)C(C)N2CCC(O)(c3ccc(C(F)(F)F)cc3)CC2)cc(C)c1O. The number of hydrogen-bond acceptors (Lipinski definition) is 4. The second-order valence-corrected chi connectivity index (χ2v) is 8.33. The lowest BCUT2D eigenvalue weighted by Crippen LogP contribution is -2.47. The Kier molecular flexibility index (Phi) is 6.18. The van der Waals surface area contributed by atoms with Crippen molar-refractivity contribution in [3.05, 3.63) is 64.2 Å². The summed E-state index contributed by atoms with van der Waals surface area (Å²) in [7, 11) is 0. The van der Waals surface area contributed by atoms with Gasteiger partial charge in [0.05, 0.1) is 17.3 Å². The van der Waals surface area contributed by atoms with Gasteiger partial charge in [-0.3, -0.25) is 4.90 Å². The van der Waals surface area contributed by atoms with E-state index in [2.05, 4.69) is 4.90 Å². The van der Waals surface area contributed by atoms with Crippen molar-refractivity contribution in [3.63, 3.8) is 0 Å². The molecule has 2 unspecified atom stereocenters. The first-order valence-corrected chi connectivity index (χ1v) is 10.0. The van der Waals surface area contributed by atoms with E-state index in [1.807, 2.05) is 6.92 Å². The van der Waals surface area contributed by atoms with Crippen molar-refractivity contribution in [3.8, 4) is 5.75 Å². The Morgan fingerprint density at radius 3 is 1.97 bits per heavy atom. The predicted octanol–water partition coefficient (Wildman–Crippen LogP) is 4.43. The van der Waals surface area contributed by atoms with Gasteiger partial charge in [-0.1, -0.05) is 12.1 Å². The zero-order valence-corrected chi connectivity index (χ0v) is 17.4. The third-order valence-electron chi connectivity index (χ3n) is 6.26. The topological polar surface area (TPSA) is 63.9 Å². The zero-order valence-electron chi connectivity index (χ0n) is 17.4. The molecule has 0 radical (unpaired) electrons. The first-order chi connectivity index (χ1) is 13.9. The van der Waals surface area contributed by atoms with Crippen molar-refractivity contribution < 1.29 is 28.5 Å². The van der Waals surface area contributed by atoms with Crippen LogP contribution < -0.4 is 0 Å². The quantitative estimate of drug-likeness (QED) is 0.681. The molecule has 0 aromatic heterocycles. The number of rotatable bonds is 4. The molecule has 0 spiro atoms. The van der Waals surface area contributed by atoms with Crippen molar-refractivity contribution in [1.82, 2.24) is 4.90 Å². The summed E-state index contributed by atoms with van der Waals surface area (Å²) in [5.74, 6) is 0.221. The summed E-state index contributed by atoms with van der Waals surface area (Å²) in [4.78, 5) is 2.07. The molecule has 1 heterocycles. The van der Waals surface area contributed by atoms with E-state index in [1.165, 1.54) is 12.1 Å². The minimum Gasteiger partial charge on any atom is -0.507 e. The molecule has 2 aromatic rings. The van der Waals surface area contributed by atoms with Crippen LogP contribution in [0.4, 0.5) is 13.2 Å². The van der Waals surface area contributed by atoms with Crippen LogP contribution in [0.5, 0.6) is 5.75 Å². The molecule has 1 saturated heterocycles. The number of alkyl halides is 3. The highest BCUT2D eigenvalue weighted by molar-refractivity contribution is 5.43. The Labute approximate surface area is 174 Å². The standard InChI is InChI=1S/C23H28F3NO3/c1-14-12-17(13-15(2)20(14)28)21(29)16(3)27-10-8-22(30,9-11-27)18-4-6-19(7-5-18)23(24,25)26/h4-7,12-13,16,21,28-30H,8-11H2,1-3H3. The lowest BCUT2D eigenvalue weighted by atomic mass is 9.83. The molecule has 4 nitrogen and oxygen atoms in total. The van der Waals surface area contributed by atoms with Gasteiger partial charge in [-0.05, 0) is 80.1 Å². The number of phenolic OH excluding ortho intramolecular Hbond substituents is 1. The summed E-state index contributed by atoms with van der Waals surface area (Å²) in [5, 5.41) is 31.8. The smallest absolute Gasteiger partial charge is 0.416 e. The largest absolute Gasteiger partial charge is 0.507 e. The van der Waals surface area contributed by atoms with Gasteiger partial charge in [-0.25, -0.2) is 0 Å². The number of nitrogens with zero attached hydrogens (tertiary/aromatic N) is 1. The van der Waals surface area contributed by atoms with Gasteiger partial charge in [-0.2, -0.15) is 13.2 Å². The molecule has 1 aliphatic rings. The summed E-state index contributed by atoms with van der Waals surface area (Å²) in [5.41, 5.74) is 0.686. The van der Waals surface area contributed by atoms with Gasteiger partial charge >= 0.3 is 6.18 Å². The van der Waals surface area contributed by atoms with Gasteiger partial charge < -0.3 is 15.3 Å². The van der Waals surface area contributed by atoms with Gasteiger partial charge in [-0.15, -0.1) is 0 Å². The normalized spacial score (nSPS) is 19.5. The van der Waals surface area contributed by atoms with Crippen LogP contribution in [-0.2, 0) is 11.8 Å². The molecule has 1 fully saturated rings. The molecule has 0 bridgehead atoms. The van der Waals surface area contributed by atoms with E-state index in [-0.39, 0.29) is 11.8 Å². The number of aliphatic hydroxyl groups excluding tert-OH is 1. The van der Waals surface area contributed by atoms with Gasteiger partial charge in [0.25, 0.3) is 0 Å². The molecular weight excluding hydrogens is 395 g/mol. The van der Waals surface area contributed by atoms with E-state index in [0.29, 0.717) is 42.6 Å². The number of halogens is 3. The summed E-state index contributed by atoms with van der Waals surface area (Å²) >= 11 is 0. The summed E-state index contributed by atoms with van der Waals surface area (Å²) in [6.07, 6.45) is -4.44. The second-order valence-electron chi connectivity index (χ2n) is 8.33. The predicted molar refractivity (Wildman–Crippen MR) is 108 cm³/mol. The van der Waals surface area contributed by atoms with E-state index in [9.17, 15) is 28.5 Å². The highest BCUT2D eigenvalue weighted by atomic mass is 19.4. The second kappa shape index (κ2) is 8.21. The van der Waals surface area contributed by atoms with Gasteiger partial charge in [0.2, 0.25) is 0 Å². The van der Waals surface area contributed by atoms with E-state index < -0.39 is 23.4 Å². The molecule has 164 valence electrons. The van der Waals surface area contributed by atoms with Crippen molar-refractivity contribution in [2.45, 2.75) is 57.5 Å². The molecule has 3 N–H and O–H groups in total. The average Bonchev–Trinajstić information content (AvgIpc) is 2.70. The molecule has 1 aliphatic heterocycles. The first kappa shape index (κ1) is 22.6. The van der Waals surface area contributed by atoms with E-state index in [1.54, 1.807) is 26.0 Å². The number of benzene rings is 2. The fraction of sp³-hybridized carbons (Fsp3) is 0.478. The van der Waals surface area contributed by atoms with Crippen molar-refractivity contribution in [1.29, 1.82) is 0 Å². The molecule has 3 rings (SSSR count). The van der Waals surface area contributed by atoms with Crippen molar-refractivity contribution in [2.75, 3.05) is 13.1 Å². The first-order valence-electron chi connectivity index (χ1n) is 10.0. The highest BCUT2D eigenvalue weighted by Gasteiger charge is 2.38. The summed E-state index contributed by atoms with van der Waals surface area (Å²) in [6, 6.07) is 8.02. The van der Waals surface area contributed by atoms with Crippen LogP contribution in [0.2, 0.25) is 0 Å². The van der Waals surface area contributed by atoms with Crippen LogP contribution in [0, 0.1) is 13.8 Å². The van der Waals surface area contributed by atoms with E-state index in [4.69, 9.17) is 0 Å². The molecule has 30 heavy (non-hydrogen) atoms. The van der Waals surface area contributed by atoms with Gasteiger partial charge in [0, 0.05) is 19.1 Å². The minimum absolute atomic E-state index is 0.217.